The van der Waals surface area contributed by atoms with Crippen LogP contribution in [0.5, 0.6) is 0 Å². The highest BCUT2D eigenvalue weighted by Gasteiger charge is 2.44. The second kappa shape index (κ2) is 6.08. The van der Waals surface area contributed by atoms with Gasteiger partial charge in [0.05, 0.1) is 11.6 Å². The van der Waals surface area contributed by atoms with Crippen molar-refractivity contribution in [3.8, 4) is 0 Å². The smallest absolute Gasteiger partial charge is 0.255 e. The van der Waals surface area contributed by atoms with E-state index >= 15 is 0 Å². The fraction of sp³-hybridized carbons (Fsp3) is 0.500. The van der Waals surface area contributed by atoms with Crippen LogP contribution in [0.25, 0.3) is 0 Å². The quantitative estimate of drug-likeness (QED) is 0.902. The molecule has 0 saturated heterocycles. The van der Waals surface area contributed by atoms with Crippen molar-refractivity contribution in [3.63, 3.8) is 0 Å². The molecule has 1 aromatic rings. The first-order valence-electron chi connectivity index (χ1n) is 8.71. The van der Waals surface area contributed by atoms with Crippen LogP contribution in [0.15, 0.2) is 35.6 Å². The highest BCUT2D eigenvalue weighted by atomic mass is 16.3. The minimum atomic E-state index is -0.441. The van der Waals surface area contributed by atoms with Gasteiger partial charge in [0, 0.05) is 24.9 Å². The summed E-state index contributed by atoms with van der Waals surface area (Å²) < 4.78 is 0. The Balaban J connectivity index is 2.09. The number of allylic oxidation sites excluding steroid dienone is 1. The van der Waals surface area contributed by atoms with E-state index in [0.717, 1.165) is 18.4 Å². The van der Waals surface area contributed by atoms with Crippen molar-refractivity contribution in [2.45, 2.75) is 52.5 Å². The average Bonchev–Trinajstić information content (AvgIpc) is 2.77. The lowest BCUT2D eigenvalue weighted by molar-refractivity contribution is -0.119. The maximum absolute atomic E-state index is 12.8. The molecule has 1 aliphatic carbocycles. The molecule has 0 fully saturated rings. The fourth-order valence-corrected chi connectivity index (χ4v) is 3.85. The second-order valence-electron chi connectivity index (χ2n) is 7.64. The Bertz CT molecular complexity index is 717. The van der Waals surface area contributed by atoms with Crippen LogP contribution in [0.3, 0.4) is 0 Å². The summed E-state index contributed by atoms with van der Waals surface area (Å²) in [6, 6.07) is 7.00. The number of unbranched alkanes of at least 4 members (excludes halogenated alkanes) is 1. The van der Waals surface area contributed by atoms with Crippen molar-refractivity contribution in [2.75, 3.05) is 6.54 Å². The van der Waals surface area contributed by atoms with Crippen molar-refractivity contribution in [3.05, 3.63) is 46.7 Å². The van der Waals surface area contributed by atoms with Crippen molar-refractivity contribution in [2.24, 2.45) is 5.41 Å². The third-order valence-electron chi connectivity index (χ3n) is 4.98. The predicted molar refractivity (Wildman–Crippen MR) is 92.8 cm³/mol. The van der Waals surface area contributed by atoms with E-state index in [1.165, 1.54) is 0 Å². The molecule has 0 bridgehead atoms. The number of aliphatic hydroxyl groups is 1. The highest BCUT2D eigenvalue weighted by Crippen LogP contribution is 2.45. The Hall–Kier alpha value is -2.10. The number of hydrogen-bond donors (Lipinski definition) is 1. The van der Waals surface area contributed by atoms with Gasteiger partial charge in [-0.3, -0.25) is 9.59 Å². The SMILES string of the molecule is CCCCN1C(=O)c2ccccc2C1C1=C(O)CC(C)(C)CC1=O. The largest absolute Gasteiger partial charge is 0.512 e. The summed E-state index contributed by atoms with van der Waals surface area (Å²) in [5.41, 5.74) is 1.68. The highest BCUT2D eigenvalue weighted by molar-refractivity contribution is 6.05. The average molecular weight is 327 g/mol. The zero-order valence-corrected chi connectivity index (χ0v) is 14.6. The maximum Gasteiger partial charge on any atom is 0.255 e. The van der Waals surface area contributed by atoms with E-state index in [1.54, 1.807) is 4.90 Å². The lowest BCUT2D eigenvalue weighted by Gasteiger charge is -2.34. The Labute approximate surface area is 143 Å². The van der Waals surface area contributed by atoms with Crippen molar-refractivity contribution >= 4 is 11.7 Å². The second-order valence-corrected chi connectivity index (χ2v) is 7.64. The van der Waals surface area contributed by atoms with E-state index in [4.69, 9.17) is 0 Å². The molecule has 3 rings (SSSR count). The van der Waals surface area contributed by atoms with Crippen molar-refractivity contribution in [1.29, 1.82) is 0 Å². The molecule has 1 unspecified atom stereocenters. The van der Waals surface area contributed by atoms with Gasteiger partial charge in [-0.15, -0.1) is 0 Å². The van der Waals surface area contributed by atoms with Crippen LogP contribution >= 0.6 is 0 Å². The number of ketones is 1. The van der Waals surface area contributed by atoms with Gasteiger partial charge in [-0.1, -0.05) is 45.4 Å². The zero-order chi connectivity index (χ0) is 17.5. The molecule has 1 heterocycles. The maximum atomic E-state index is 12.8. The van der Waals surface area contributed by atoms with Gasteiger partial charge in [-0.2, -0.15) is 0 Å². The lowest BCUT2D eigenvalue weighted by Crippen LogP contribution is -2.36. The minimum Gasteiger partial charge on any atom is -0.512 e. The minimum absolute atomic E-state index is 0.0398. The number of rotatable bonds is 4. The molecule has 24 heavy (non-hydrogen) atoms. The van der Waals surface area contributed by atoms with Crippen LogP contribution < -0.4 is 0 Å². The number of aliphatic hydroxyl groups excluding tert-OH is 1. The van der Waals surface area contributed by atoms with Crippen molar-refractivity contribution in [1.82, 2.24) is 4.90 Å². The topological polar surface area (TPSA) is 57.6 Å². The van der Waals surface area contributed by atoms with Gasteiger partial charge in [-0.25, -0.2) is 0 Å². The summed E-state index contributed by atoms with van der Waals surface area (Å²) >= 11 is 0. The molecule has 128 valence electrons. The zero-order valence-electron chi connectivity index (χ0n) is 14.6. The summed E-state index contributed by atoms with van der Waals surface area (Å²) in [6.07, 6.45) is 2.73. The molecule has 0 spiro atoms. The van der Waals surface area contributed by atoms with Crippen LogP contribution in [0.2, 0.25) is 0 Å². The van der Waals surface area contributed by atoms with E-state index < -0.39 is 6.04 Å². The molecule has 0 saturated carbocycles. The summed E-state index contributed by atoms with van der Waals surface area (Å²) in [5.74, 6) is 0.0639. The van der Waals surface area contributed by atoms with E-state index in [1.807, 2.05) is 38.1 Å². The molecule has 1 amide bonds. The Morgan fingerprint density at radius 2 is 1.92 bits per heavy atom. The monoisotopic (exact) mass is 327 g/mol. The number of amides is 1. The first kappa shape index (κ1) is 16.7. The standard InChI is InChI=1S/C20H25NO3/c1-4-5-10-21-18(13-8-6-7-9-14(13)19(21)24)17-15(22)11-20(2,3)12-16(17)23/h6-9,18,22H,4-5,10-12H2,1-3H3. The van der Waals surface area contributed by atoms with Crippen LogP contribution in [0.1, 0.15) is 68.4 Å². The molecule has 1 aliphatic heterocycles. The summed E-state index contributed by atoms with van der Waals surface area (Å²) in [7, 11) is 0. The van der Waals surface area contributed by atoms with Gasteiger partial charge in [0.2, 0.25) is 0 Å². The first-order valence-corrected chi connectivity index (χ1v) is 8.71. The molecule has 1 N–H and O–H groups in total. The number of fused-ring (bicyclic) bond motifs is 1. The van der Waals surface area contributed by atoms with Gasteiger partial charge in [-0.05, 0) is 23.5 Å². The molecule has 4 heteroatoms. The number of carbonyl (C=O) groups is 2. The Morgan fingerprint density at radius 3 is 2.58 bits per heavy atom. The van der Waals surface area contributed by atoms with E-state index in [9.17, 15) is 14.7 Å². The number of Topliss-reactive ketones (excluding diaryl/α,β-unsaturated/α-hetero) is 1. The van der Waals surface area contributed by atoms with Gasteiger partial charge >= 0.3 is 0 Å². The molecule has 2 aliphatic rings. The lowest BCUT2D eigenvalue weighted by atomic mass is 9.74. The van der Waals surface area contributed by atoms with Gasteiger partial charge < -0.3 is 10.0 Å². The number of hydrogen-bond acceptors (Lipinski definition) is 3. The molecule has 0 radical (unpaired) electrons. The fourth-order valence-electron chi connectivity index (χ4n) is 3.85. The summed E-state index contributed by atoms with van der Waals surface area (Å²) in [4.78, 5) is 27.4. The van der Waals surface area contributed by atoms with Crippen LogP contribution in [-0.4, -0.2) is 28.2 Å². The van der Waals surface area contributed by atoms with Crippen LogP contribution in [0, 0.1) is 5.41 Å². The first-order chi connectivity index (χ1) is 11.4. The van der Waals surface area contributed by atoms with Gasteiger partial charge in [0.25, 0.3) is 5.91 Å². The number of carbonyl (C=O) groups excluding carboxylic acids is 2. The molecule has 1 atom stereocenters. The molecule has 1 aromatic carbocycles. The third-order valence-corrected chi connectivity index (χ3v) is 4.98. The Morgan fingerprint density at radius 1 is 1.21 bits per heavy atom. The van der Waals surface area contributed by atoms with E-state index in [2.05, 4.69) is 6.92 Å². The van der Waals surface area contributed by atoms with E-state index in [-0.39, 0.29) is 22.9 Å². The van der Waals surface area contributed by atoms with Gasteiger partial charge in [0.15, 0.2) is 5.78 Å². The molecule has 0 aromatic heterocycles. The Kier molecular flexibility index (Phi) is 4.24. The molecule has 4 nitrogen and oxygen atoms in total. The predicted octanol–water partition coefficient (Wildman–Crippen LogP) is 4.18. The van der Waals surface area contributed by atoms with E-state index in [0.29, 0.717) is 30.5 Å². The summed E-state index contributed by atoms with van der Waals surface area (Å²) in [5, 5.41) is 10.6. The van der Waals surface area contributed by atoms with Crippen LogP contribution in [0.4, 0.5) is 0 Å². The normalized spacial score (nSPS) is 23.0. The number of nitrogens with zero attached hydrogens (tertiary/aromatic N) is 1. The molecular formula is C20H25NO3. The number of benzene rings is 1. The molecular weight excluding hydrogens is 302 g/mol. The van der Waals surface area contributed by atoms with Crippen molar-refractivity contribution < 1.29 is 14.7 Å². The van der Waals surface area contributed by atoms with Gasteiger partial charge in [0.1, 0.15) is 5.76 Å². The summed E-state index contributed by atoms with van der Waals surface area (Å²) in [6.45, 7) is 6.65. The third kappa shape index (κ3) is 2.74. The van der Waals surface area contributed by atoms with Crippen LogP contribution in [-0.2, 0) is 4.79 Å².